The standard InChI is InChI=1S/C30H34O4/c1-20(15-16-25-22(3)13-9-17-30(25,5)6)10-7-11-21(2)18-27(31)33-26-19-28(32)34-29-23(4)12-8-14-24(26)29/h7-8,10-12,14-16,18-19H,9,13,17H2,1-6H3/b11-7+,16-15+,20-10+,21-18+. The van der Waals surface area contributed by atoms with Crippen molar-refractivity contribution < 1.29 is 13.9 Å². The van der Waals surface area contributed by atoms with Crippen molar-refractivity contribution >= 4 is 16.9 Å². The molecule has 1 aliphatic carbocycles. The predicted octanol–water partition coefficient (Wildman–Crippen LogP) is 7.54. The highest BCUT2D eigenvalue weighted by Gasteiger charge is 2.26. The van der Waals surface area contributed by atoms with Crippen LogP contribution in [0.15, 0.2) is 92.2 Å². The number of hydrogen-bond acceptors (Lipinski definition) is 4. The maximum atomic E-state index is 12.4. The van der Waals surface area contributed by atoms with Crippen molar-refractivity contribution in [3.63, 3.8) is 0 Å². The number of carbonyl (C=O) groups excluding carboxylic acids is 1. The molecule has 0 unspecified atom stereocenters. The molecule has 0 radical (unpaired) electrons. The Balaban J connectivity index is 1.68. The maximum Gasteiger partial charge on any atom is 0.339 e. The van der Waals surface area contributed by atoms with E-state index in [1.807, 2.05) is 44.2 Å². The van der Waals surface area contributed by atoms with E-state index >= 15 is 0 Å². The van der Waals surface area contributed by atoms with Gasteiger partial charge in [-0.05, 0) is 75.1 Å². The Bertz CT molecular complexity index is 1290. The zero-order valence-electron chi connectivity index (χ0n) is 21.0. The van der Waals surface area contributed by atoms with E-state index in [2.05, 4.69) is 39.8 Å². The molecule has 0 atom stereocenters. The number of para-hydroxylation sites is 1. The molecule has 1 heterocycles. The molecule has 1 aliphatic rings. The first-order valence-corrected chi connectivity index (χ1v) is 11.7. The van der Waals surface area contributed by atoms with Crippen LogP contribution in [0.4, 0.5) is 0 Å². The Kier molecular flexibility index (Phi) is 7.93. The minimum absolute atomic E-state index is 0.198. The highest BCUT2D eigenvalue weighted by Crippen LogP contribution is 2.40. The fourth-order valence-corrected chi connectivity index (χ4v) is 4.39. The summed E-state index contributed by atoms with van der Waals surface area (Å²) in [7, 11) is 0. The Morgan fingerprint density at radius 3 is 2.62 bits per heavy atom. The van der Waals surface area contributed by atoms with Crippen LogP contribution in [-0.2, 0) is 4.79 Å². The van der Waals surface area contributed by atoms with Gasteiger partial charge in [0.2, 0.25) is 0 Å². The van der Waals surface area contributed by atoms with Crippen LogP contribution in [0, 0.1) is 12.3 Å². The molecule has 0 amide bonds. The van der Waals surface area contributed by atoms with Gasteiger partial charge in [-0.2, -0.15) is 0 Å². The molecule has 0 N–H and O–H groups in total. The fraction of sp³-hybridized carbons (Fsp3) is 0.333. The first-order chi connectivity index (χ1) is 16.1. The van der Waals surface area contributed by atoms with Crippen LogP contribution < -0.4 is 10.4 Å². The van der Waals surface area contributed by atoms with Crippen LogP contribution in [0.5, 0.6) is 5.75 Å². The molecule has 0 aliphatic heterocycles. The molecule has 34 heavy (non-hydrogen) atoms. The SMILES string of the molecule is CC1=C(/C=C/C(C)=C/C=C/C(C)=C/C(=O)Oc2cc(=O)oc3c(C)cccc23)C(C)(C)CCC1. The van der Waals surface area contributed by atoms with Crippen molar-refractivity contribution in [1.29, 1.82) is 0 Å². The second-order valence-electron chi connectivity index (χ2n) is 9.73. The normalized spacial score (nSPS) is 17.2. The summed E-state index contributed by atoms with van der Waals surface area (Å²) in [5, 5.41) is 0.589. The van der Waals surface area contributed by atoms with Gasteiger partial charge in [-0.1, -0.05) is 67.5 Å². The number of hydrogen-bond donors (Lipinski definition) is 0. The van der Waals surface area contributed by atoms with Gasteiger partial charge in [0.25, 0.3) is 0 Å². The lowest BCUT2D eigenvalue weighted by Gasteiger charge is -2.32. The average molecular weight is 459 g/mol. The summed E-state index contributed by atoms with van der Waals surface area (Å²) < 4.78 is 10.7. The van der Waals surface area contributed by atoms with Crippen LogP contribution in [0.3, 0.4) is 0 Å². The second kappa shape index (κ2) is 10.7. The van der Waals surface area contributed by atoms with Gasteiger partial charge in [-0.3, -0.25) is 0 Å². The molecule has 0 saturated carbocycles. The van der Waals surface area contributed by atoms with Gasteiger partial charge >= 0.3 is 11.6 Å². The lowest BCUT2D eigenvalue weighted by molar-refractivity contribution is -0.128. The number of rotatable bonds is 6. The molecule has 0 bridgehead atoms. The van der Waals surface area contributed by atoms with Gasteiger partial charge in [0.15, 0.2) is 0 Å². The van der Waals surface area contributed by atoms with Gasteiger partial charge < -0.3 is 9.15 Å². The summed E-state index contributed by atoms with van der Waals surface area (Å²) in [4.78, 5) is 24.3. The summed E-state index contributed by atoms with van der Waals surface area (Å²) in [6.07, 6.45) is 15.3. The minimum atomic E-state index is -0.554. The van der Waals surface area contributed by atoms with E-state index in [0.717, 1.165) is 16.7 Å². The first-order valence-electron chi connectivity index (χ1n) is 11.7. The third-order valence-electron chi connectivity index (χ3n) is 6.26. The molecule has 178 valence electrons. The van der Waals surface area contributed by atoms with Gasteiger partial charge in [0.05, 0.1) is 11.5 Å². The lowest BCUT2D eigenvalue weighted by atomic mass is 9.72. The van der Waals surface area contributed by atoms with Gasteiger partial charge in [-0.15, -0.1) is 0 Å². The average Bonchev–Trinajstić information content (AvgIpc) is 2.73. The van der Waals surface area contributed by atoms with Crippen LogP contribution in [0.25, 0.3) is 11.0 Å². The lowest BCUT2D eigenvalue weighted by Crippen LogP contribution is -2.19. The monoisotopic (exact) mass is 458 g/mol. The van der Waals surface area contributed by atoms with Crippen LogP contribution in [0.1, 0.15) is 59.4 Å². The van der Waals surface area contributed by atoms with Crippen LogP contribution in [0.2, 0.25) is 0 Å². The molecule has 4 heteroatoms. The molecule has 0 saturated heterocycles. The number of fused-ring (bicyclic) bond motifs is 1. The molecule has 1 aromatic carbocycles. The molecule has 3 rings (SSSR count). The van der Waals surface area contributed by atoms with Crippen molar-refractivity contribution in [2.45, 2.75) is 60.8 Å². The van der Waals surface area contributed by atoms with E-state index in [1.54, 1.807) is 6.07 Å². The Morgan fingerprint density at radius 2 is 1.88 bits per heavy atom. The minimum Gasteiger partial charge on any atom is -0.422 e. The van der Waals surface area contributed by atoms with Crippen molar-refractivity contribution in [2.75, 3.05) is 0 Å². The summed E-state index contributed by atoms with van der Waals surface area (Å²) in [5.74, 6) is -0.345. The zero-order chi connectivity index (χ0) is 24.9. The second-order valence-corrected chi connectivity index (χ2v) is 9.73. The molecule has 1 aromatic heterocycles. The third kappa shape index (κ3) is 6.34. The van der Waals surface area contributed by atoms with E-state index in [1.165, 1.54) is 42.6 Å². The third-order valence-corrected chi connectivity index (χ3v) is 6.26. The highest BCUT2D eigenvalue weighted by molar-refractivity contribution is 5.91. The Morgan fingerprint density at radius 1 is 1.12 bits per heavy atom. The summed E-state index contributed by atoms with van der Waals surface area (Å²) in [6.45, 7) is 12.6. The summed E-state index contributed by atoms with van der Waals surface area (Å²) in [5.41, 5.74) is 5.69. The topological polar surface area (TPSA) is 56.5 Å². The van der Waals surface area contributed by atoms with Crippen molar-refractivity contribution in [3.8, 4) is 5.75 Å². The Hall–Kier alpha value is -3.40. The van der Waals surface area contributed by atoms with Gasteiger partial charge in [-0.25, -0.2) is 9.59 Å². The number of carbonyl (C=O) groups is 1. The number of benzene rings is 1. The molecule has 2 aromatic rings. The Labute approximate surface area is 202 Å². The highest BCUT2D eigenvalue weighted by atomic mass is 16.5. The van der Waals surface area contributed by atoms with Crippen LogP contribution in [-0.4, -0.2) is 5.97 Å². The summed E-state index contributed by atoms with van der Waals surface area (Å²) >= 11 is 0. The predicted molar refractivity (Wildman–Crippen MR) is 139 cm³/mol. The number of ether oxygens (including phenoxy) is 1. The number of esters is 1. The van der Waals surface area contributed by atoms with Gasteiger partial charge in [0, 0.05) is 6.08 Å². The number of aryl methyl sites for hydroxylation is 1. The molecular weight excluding hydrogens is 424 g/mol. The van der Waals surface area contributed by atoms with E-state index in [4.69, 9.17) is 9.15 Å². The van der Waals surface area contributed by atoms with Gasteiger partial charge in [0.1, 0.15) is 11.3 Å². The first kappa shape index (κ1) is 25.2. The largest absolute Gasteiger partial charge is 0.422 e. The molecule has 0 spiro atoms. The van der Waals surface area contributed by atoms with E-state index < -0.39 is 11.6 Å². The molecule has 4 nitrogen and oxygen atoms in total. The van der Waals surface area contributed by atoms with E-state index in [-0.39, 0.29) is 11.2 Å². The number of allylic oxidation sites excluding steroid dienone is 9. The van der Waals surface area contributed by atoms with Crippen molar-refractivity contribution in [2.24, 2.45) is 5.41 Å². The van der Waals surface area contributed by atoms with Crippen molar-refractivity contribution in [1.82, 2.24) is 0 Å². The molecular formula is C30H34O4. The van der Waals surface area contributed by atoms with Crippen LogP contribution >= 0.6 is 0 Å². The van der Waals surface area contributed by atoms with E-state index in [0.29, 0.717) is 11.0 Å². The smallest absolute Gasteiger partial charge is 0.339 e. The van der Waals surface area contributed by atoms with Crippen molar-refractivity contribution in [3.05, 3.63) is 99.0 Å². The maximum absolute atomic E-state index is 12.4. The summed E-state index contributed by atoms with van der Waals surface area (Å²) in [6, 6.07) is 6.62. The zero-order valence-corrected chi connectivity index (χ0v) is 21.0. The van der Waals surface area contributed by atoms with E-state index in [9.17, 15) is 9.59 Å². The molecule has 0 fully saturated rings. The fourth-order valence-electron chi connectivity index (χ4n) is 4.39. The quantitative estimate of drug-likeness (QED) is 0.194.